The third kappa shape index (κ3) is 3.51. The van der Waals surface area contributed by atoms with E-state index in [2.05, 4.69) is 25.9 Å². The highest BCUT2D eigenvalue weighted by Gasteiger charge is 2.25. The van der Waals surface area contributed by atoms with E-state index in [4.69, 9.17) is 4.74 Å². The summed E-state index contributed by atoms with van der Waals surface area (Å²) in [4.78, 5) is 20.8. The number of carbonyl (C=O) groups excluding carboxylic acids is 1. The van der Waals surface area contributed by atoms with Crippen LogP contribution < -0.4 is 4.90 Å². The molecule has 4 rings (SSSR count). The molecule has 2 aliphatic heterocycles. The van der Waals surface area contributed by atoms with Crippen molar-refractivity contribution in [1.82, 2.24) is 19.7 Å². The number of nitrogens with zero attached hydrogens (tertiary/aromatic N) is 5. The van der Waals surface area contributed by atoms with Crippen LogP contribution in [0.5, 0.6) is 0 Å². The molecule has 7 heteroatoms. The molecule has 0 spiro atoms. The zero-order valence-electron chi connectivity index (χ0n) is 14.3. The van der Waals surface area contributed by atoms with Crippen molar-refractivity contribution in [3.05, 3.63) is 42.5 Å². The summed E-state index contributed by atoms with van der Waals surface area (Å²) in [5.74, 6) is 0.0704. The number of amides is 1. The summed E-state index contributed by atoms with van der Waals surface area (Å²) >= 11 is 0. The molecule has 0 aromatic carbocycles. The molecule has 2 aliphatic rings. The Morgan fingerprint density at radius 3 is 2.64 bits per heavy atom. The van der Waals surface area contributed by atoms with Gasteiger partial charge in [-0.05, 0) is 25.0 Å². The molecule has 1 amide bonds. The second-order valence-corrected chi connectivity index (χ2v) is 6.54. The van der Waals surface area contributed by atoms with E-state index >= 15 is 0 Å². The van der Waals surface area contributed by atoms with Gasteiger partial charge in [-0.3, -0.25) is 14.5 Å². The first kappa shape index (κ1) is 16.1. The topological polar surface area (TPSA) is 63.5 Å². The molecule has 0 atom stereocenters. The molecule has 132 valence electrons. The summed E-state index contributed by atoms with van der Waals surface area (Å²) in [6, 6.07) is 3.98. The van der Waals surface area contributed by atoms with Crippen molar-refractivity contribution in [2.24, 2.45) is 0 Å². The molecule has 0 N–H and O–H groups in total. The van der Waals surface area contributed by atoms with Gasteiger partial charge in [-0.2, -0.15) is 5.10 Å². The van der Waals surface area contributed by atoms with Crippen molar-refractivity contribution < 1.29 is 9.53 Å². The molecule has 2 aromatic rings. The first-order chi connectivity index (χ1) is 12.3. The lowest BCUT2D eigenvalue weighted by Crippen LogP contribution is -2.39. The van der Waals surface area contributed by atoms with E-state index in [-0.39, 0.29) is 5.91 Å². The summed E-state index contributed by atoms with van der Waals surface area (Å²) in [6.07, 6.45) is 9.25. The normalized spacial score (nSPS) is 19.2. The lowest BCUT2D eigenvalue weighted by molar-refractivity contribution is 0.0689. The Labute approximate surface area is 147 Å². The van der Waals surface area contributed by atoms with Gasteiger partial charge in [0.2, 0.25) is 0 Å². The van der Waals surface area contributed by atoms with E-state index in [0.717, 1.165) is 57.9 Å². The predicted molar refractivity (Wildman–Crippen MR) is 93.7 cm³/mol. The minimum atomic E-state index is 0.0704. The number of hydrogen-bond acceptors (Lipinski definition) is 5. The van der Waals surface area contributed by atoms with Gasteiger partial charge < -0.3 is 14.5 Å². The molecule has 4 heterocycles. The van der Waals surface area contributed by atoms with Crippen molar-refractivity contribution in [1.29, 1.82) is 0 Å². The molecule has 2 fully saturated rings. The molecular weight excluding hydrogens is 318 g/mol. The number of carbonyl (C=O) groups is 1. The Bertz CT molecular complexity index is 703. The highest BCUT2D eigenvalue weighted by molar-refractivity contribution is 5.93. The maximum atomic E-state index is 12.5. The van der Waals surface area contributed by atoms with Crippen molar-refractivity contribution in [3.8, 4) is 0 Å². The average Bonchev–Trinajstić information content (AvgIpc) is 3.19. The SMILES string of the molecule is O=C(c1cccnc1)N1CCC(n2cc(N3CCOCC3)cn2)CC1. The number of pyridine rings is 1. The van der Waals surface area contributed by atoms with E-state index in [1.807, 2.05) is 17.2 Å². The monoisotopic (exact) mass is 341 g/mol. The molecule has 0 unspecified atom stereocenters. The minimum absolute atomic E-state index is 0.0704. The molecule has 0 saturated carbocycles. The van der Waals surface area contributed by atoms with Gasteiger partial charge in [0.05, 0.1) is 36.7 Å². The fraction of sp³-hybridized carbons (Fsp3) is 0.500. The van der Waals surface area contributed by atoms with Crippen LogP contribution in [0.1, 0.15) is 29.2 Å². The Balaban J connectivity index is 1.36. The van der Waals surface area contributed by atoms with E-state index in [0.29, 0.717) is 11.6 Å². The van der Waals surface area contributed by atoms with Crippen LogP contribution in [0.2, 0.25) is 0 Å². The summed E-state index contributed by atoms with van der Waals surface area (Å²) in [6.45, 7) is 4.91. The van der Waals surface area contributed by atoms with Crippen molar-refractivity contribution >= 4 is 11.6 Å². The highest BCUT2D eigenvalue weighted by atomic mass is 16.5. The van der Waals surface area contributed by atoms with Crippen LogP contribution in [0.3, 0.4) is 0 Å². The number of rotatable bonds is 3. The average molecular weight is 341 g/mol. The van der Waals surface area contributed by atoms with Crippen LogP contribution in [0.15, 0.2) is 36.9 Å². The lowest BCUT2D eigenvalue weighted by Gasteiger charge is -2.32. The smallest absolute Gasteiger partial charge is 0.255 e. The van der Waals surface area contributed by atoms with Crippen molar-refractivity contribution in [2.75, 3.05) is 44.3 Å². The predicted octanol–water partition coefficient (Wildman–Crippen LogP) is 1.59. The number of likely N-dealkylation sites (tertiary alicyclic amines) is 1. The van der Waals surface area contributed by atoms with Crippen molar-refractivity contribution in [3.63, 3.8) is 0 Å². The molecule has 2 saturated heterocycles. The van der Waals surface area contributed by atoms with Crippen molar-refractivity contribution in [2.45, 2.75) is 18.9 Å². The Morgan fingerprint density at radius 2 is 1.92 bits per heavy atom. The van der Waals surface area contributed by atoms with Gasteiger partial charge in [0.15, 0.2) is 0 Å². The molecule has 2 aromatic heterocycles. The molecule has 7 nitrogen and oxygen atoms in total. The zero-order valence-corrected chi connectivity index (χ0v) is 14.3. The minimum Gasteiger partial charge on any atom is -0.378 e. The summed E-state index contributed by atoms with van der Waals surface area (Å²) in [5.41, 5.74) is 1.83. The Morgan fingerprint density at radius 1 is 1.12 bits per heavy atom. The molecule has 0 aliphatic carbocycles. The van der Waals surface area contributed by atoms with Gasteiger partial charge in [0.25, 0.3) is 5.91 Å². The van der Waals surface area contributed by atoms with E-state index in [1.54, 1.807) is 18.5 Å². The Hall–Kier alpha value is -2.41. The summed E-state index contributed by atoms with van der Waals surface area (Å²) in [5, 5.41) is 4.56. The molecule has 0 radical (unpaired) electrons. The maximum absolute atomic E-state index is 12.5. The molecule has 0 bridgehead atoms. The highest BCUT2D eigenvalue weighted by Crippen LogP contribution is 2.25. The van der Waals surface area contributed by atoms with E-state index in [1.165, 1.54) is 0 Å². The van der Waals surface area contributed by atoms with Crippen LogP contribution in [0.4, 0.5) is 5.69 Å². The third-order valence-electron chi connectivity index (χ3n) is 5.00. The number of piperidine rings is 1. The largest absolute Gasteiger partial charge is 0.378 e. The number of anilines is 1. The van der Waals surface area contributed by atoms with Crippen LogP contribution in [-0.2, 0) is 4.74 Å². The van der Waals surface area contributed by atoms with Crippen LogP contribution in [0.25, 0.3) is 0 Å². The standard InChI is InChI=1S/C18H23N5O2/c24-18(15-2-1-5-19-12-15)22-6-3-16(4-7-22)23-14-17(13-20-23)21-8-10-25-11-9-21/h1-2,5,12-14,16H,3-4,6-11H2. The van der Waals surface area contributed by atoms with Gasteiger partial charge in [0, 0.05) is 44.8 Å². The molecular formula is C18H23N5O2. The number of aromatic nitrogens is 3. The van der Waals surface area contributed by atoms with Gasteiger partial charge in [0.1, 0.15) is 0 Å². The first-order valence-electron chi connectivity index (χ1n) is 8.87. The van der Waals surface area contributed by atoms with Crippen LogP contribution in [0, 0.1) is 0 Å². The zero-order chi connectivity index (χ0) is 17.1. The van der Waals surface area contributed by atoms with E-state index < -0.39 is 0 Å². The van der Waals surface area contributed by atoms with Gasteiger partial charge >= 0.3 is 0 Å². The van der Waals surface area contributed by atoms with Gasteiger partial charge in [-0.25, -0.2) is 0 Å². The summed E-state index contributed by atoms with van der Waals surface area (Å²) in [7, 11) is 0. The third-order valence-corrected chi connectivity index (χ3v) is 5.00. The fourth-order valence-corrected chi connectivity index (χ4v) is 3.52. The quantitative estimate of drug-likeness (QED) is 0.848. The van der Waals surface area contributed by atoms with E-state index in [9.17, 15) is 4.79 Å². The summed E-state index contributed by atoms with van der Waals surface area (Å²) < 4.78 is 7.47. The van der Waals surface area contributed by atoms with Gasteiger partial charge in [-0.15, -0.1) is 0 Å². The number of morpholine rings is 1. The lowest BCUT2D eigenvalue weighted by atomic mass is 10.0. The second-order valence-electron chi connectivity index (χ2n) is 6.54. The molecule has 25 heavy (non-hydrogen) atoms. The van der Waals surface area contributed by atoms with Crippen LogP contribution >= 0.6 is 0 Å². The van der Waals surface area contributed by atoms with Gasteiger partial charge in [-0.1, -0.05) is 0 Å². The Kier molecular flexibility index (Phi) is 4.65. The maximum Gasteiger partial charge on any atom is 0.255 e. The second kappa shape index (κ2) is 7.23. The first-order valence-corrected chi connectivity index (χ1v) is 8.87. The fourth-order valence-electron chi connectivity index (χ4n) is 3.52. The number of hydrogen-bond donors (Lipinski definition) is 0. The number of ether oxygens (including phenoxy) is 1. The van der Waals surface area contributed by atoms with Crippen LogP contribution in [-0.4, -0.2) is 65.0 Å².